The average Bonchev–Trinajstić information content (AvgIpc) is 2.67. The van der Waals surface area contributed by atoms with Crippen LogP contribution in [0.4, 0.5) is 13.2 Å². The first-order valence-corrected chi connectivity index (χ1v) is 9.85. The van der Waals surface area contributed by atoms with Gasteiger partial charge in [-0.05, 0) is 5.56 Å². The predicted molar refractivity (Wildman–Crippen MR) is 97.1 cm³/mol. The van der Waals surface area contributed by atoms with Gasteiger partial charge in [0.15, 0.2) is 11.5 Å². The summed E-state index contributed by atoms with van der Waals surface area (Å²) in [4.78, 5) is 1.95. The van der Waals surface area contributed by atoms with E-state index in [1.165, 1.54) is 12.1 Å². The van der Waals surface area contributed by atoms with Crippen molar-refractivity contribution in [2.75, 3.05) is 19.7 Å². The molecule has 0 saturated carbocycles. The van der Waals surface area contributed by atoms with Gasteiger partial charge in [-0.25, -0.2) is 0 Å². The van der Waals surface area contributed by atoms with E-state index < -0.39 is 21.4 Å². The van der Waals surface area contributed by atoms with Crippen molar-refractivity contribution in [2.24, 2.45) is 0 Å². The highest BCUT2D eigenvalue weighted by Crippen LogP contribution is 2.32. The van der Waals surface area contributed by atoms with Crippen LogP contribution in [0.25, 0.3) is 5.76 Å². The minimum Gasteiger partial charge on any atom is -0.491 e. The molecule has 0 bridgehead atoms. The van der Waals surface area contributed by atoms with E-state index in [1.54, 1.807) is 18.2 Å². The second-order valence-corrected chi connectivity index (χ2v) is 7.68. The van der Waals surface area contributed by atoms with Gasteiger partial charge in [0.1, 0.15) is 6.61 Å². The van der Waals surface area contributed by atoms with Crippen LogP contribution in [0.2, 0.25) is 0 Å². The average molecular weight is 413 g/mol. The van der Waals surface area contributed by atoms with E-state index in [0.29, 0.717) is 13.1 Å². The first kappa shape index (κ1) is 20.2. The molecule has 1 fully saturated rings. The van der Waals surface area contributed by atoms with Gasteiger partial charge in [-0.2, -0.15) is 21.6 Å². The maximum Gasteiger partial charge on any atom is 0.534 e. The third kappa shape index (κ3) is 4.85. The van der Waals surface area contributed by atoms with Crippen LogP contribution < -0.4 is 0 Å². The molecule has 0 radical (unpaired) electrons. The summed E-state index contributed by atoms with van der Waals surface area (Å²) < 4.78 is 71.8. The lowest BCUT2D eigenvalue weighted by Gasteiger charge is -2.30. The molecule has 9 heteroatoms. The van der Waals surface area contributed by atoms with E-state index in [9.17, 15) is 21.6 Å². The van der Waals surface area contributed by atoms with Crippen LogP contribution >= 0.6 is 0 Å². The molecule has 0 spiro atoms. The first-order valence-electron chi connectivity index (χ1n) is 8.45. The van der Waals surface area contributed by atoms with Crippen LogP contribution in [0.5, 0.6) is 0 Å². The van der Waals surface area contributed by atoms with Gasteiger partial charge in [0.2, 0.25) is 0 Å². The lowest BCUT2D eigenvalue weighted by molar-refractivity contribution is -0.0511. The van der Waals surface area contributed by atoms with Crippen molar-refractivity contribution < 1.29 is 30.5 Å². The largest absolute Gasteiger partial charge is 0.534 e. The Morgan fingerprint density at radius 3 is 2.25 bits per heavy atom. The normalized spacial score (nSPS) is 17.7. The molecular formula is C19H18F3NO4S. The molecule has 0 aliphatic carbocycles. The minimum absolute atomic E-state index is 0.0428. The molecule has 28 heavy (non-hydrogen) atoms. The number of rotatable bonds is 5. The summed E-state index contributed by atoms with van der Waals surface area (Å²) in [7, 11) is -5.83. The van der Waals surface area contributed by atoms with Gasteiger partial charge in [-0.15, -0.1) is 0 Å². The third-order valence-electron chi connectivity index (χ3n) is 4.07. The topological polar surface area (TPSA) is 55.8 Å². The smallest absolute Gasteiger partial charge is 0.491 e. The molecule has 0 atom stereocenters. The fourth-order valence-electron chi connectivity index (χ4n) is 2.74. The highest BCUT2D eigenvalue weighted by atomic mass is 32.2. The van der Waals surface area contributed by atoms with Gasteiger partial charge in [-0.3, -0.25) is 4.90 Å². The van der Waals surface area contributed by atoms with Gasteiger partial charge in [-0.1, -0.05) is 60.7 Å². The Hall–Kier alpha value is -2.52. The van der Waals surface area contributed by atoms with Crippen molar-refractivity contribution in [1.82, 2.24) is 4.90 Å². The Morgan fingerprint density at radius 1 is 1.04 bits per heavy atom. The summed E-state index contributed by atoms with van der Waals surface area (Å²) in [5.41, 5.74) is -4.33. The van der Waals surface area contributed by atoms with Crippen molar-refractivity contribution >= 4 is 15.9 Å². The molecule has 1 aliphatic heterocycles. The molecular weight excluding hydrogens is 395 g/mol. The van der Waals surface area contributed by atoms with Gasteiger partial charge in [0.25, 0.3) is 0 Å². The Bertz CT molecular complexity index is 929. The number of hydrogen-bond acceptors (Lipinski definition) is 5. The summed E-state index contributed by atoms with van der Waals surface area (Å²) in [5.74, 6) is -0.406. The van der Waals surface area contributed by atoms with Crippen LogP contribution in [-0.4, -0.2) is 38.5 Å². The van der Waals surface area contributed by atoms with E-state index in [1.807, 2.05) is 35.2 Å². The van der Waals surface area contributed by atoms with Gasteiger partial charge >= 0.3 is 15.6 Å². The fourth-order valence-corrected chi connectivity index (χ4v) is 3.24. The molecule has 1 aliphatic rings. The predicted octanol–water partition coefficient (Wildman–Crippen LogP) is 3.75. The van der Waals surface area contributed by atoms with E-state index in [2.05, 4.69) is 4.18 Å². The molecule has 2 aromatic carbocycles. The number of hydrogen-bond donors (Lipinski definition) is 0. The molecule has 1 heterocycles. The zero-order valence-electron chi connectivity index (χ0n) is 14.7. The van der Waals surface area contributed by atoms with Crippen LogP contribution in [0.3, 0.4) is 0 Å². The maximum absolute atomic E-state index is 12.9. The van der Waals surface area contributed by atoms with Gasteiger partial charge < -0.3 is 8.92 Å². The fraction of sp³-hybridized carbons (Fsp3) is 0.263. The SMILES string of the molecule is O=S(=O)(OC(=C1CN(Cc2ccccc2)CCO1)c1ccccc1)C(F)(F)F. The Labute approximate surface area is 161 Å². The second-order valence-electron chi connectivity index (χ2n) is 6.15. The first-order chi connectivity index (χ1) is 13.3. The summed E-state index contributed by atoms with van der Waals surface area (Å²) in [6.45, 7) is 1.41. The van der Waals surface area contributed by atoms with Gasteiger partial charge in [0, 0.05) is 18.7 Å². The Morgan fingerprint density at radius 2 is 1.64 bits per heavy atom. The maximum atomic E-state index is 12.9. The van der Waals surface area contributed by atoms with E-state index in [-0.39, 0.29) is 24.5 Å². The van der Waals surface area contributed by atoms with Crippen LogP contribution in [0.1, 0.15) is 11.1 Å². The van der Waals surface area contributed by atoms with Crippen LogP contribution in [0, 0.1) is 0 Å². The number of ether oxygens (including phenoxy) is 1. The van der Waals surface area contributed by atoms with Crippen molar-refractivity contribution in [3.05, 3.63) is 77.5 Å². The van der Waals surface area contributed by atoms with E-state index >= 15 is 0 Å². The lowest BCUT2D eigenvalue weighted by atomic mass is 10.1. The van der Waals surface area contributed by atoms with Crippen LogP contribution in [-0.2, 0) is 25.6 Å². The number of halogens is 3. The lowest BCUT2D eigenvalue weighted by Crippen LogP contribution is -2.35. The van der Waals surface area contributed by atoms with Gasteiger partial charge in [0.05, 0.1) is 6.54 Å². The summed E-state index contributed by atoms with van der Waals surface area (Å²) in [6, 6.07) is 17.3. The van der Waals surface area contributed by atoms with Crippen molar-refractivity contribution in [3.8, 4) is 0 Å². The zero-order valence-corrected chi connectivity index (χ0v) is 15.5. The summed E-state index contributed by atoms with van der Waals surface area (Å²) >= 11 is 0. The van der Waals surface area contributed by atoms with E-state index in [0.717, 1.165) is 5.56 Å². The minimum atomic E-state index is -5.83. The highest BCUT2D eigenvalue weighted by Gasteiger charge is 2.49. The molecule has 1 saturated heterocycles. The highest BCUT2D eigenvalue weighted by molar-refractivity contribution is 7.87. The molecule has 0 N–H and O–H groups in total. The van der Waals surface area contributed by atoms with Crippen molar-refractivity contribution in [1.29, 1.82) is 0 Å². The number of benzene rings is 2. The molecule has 0 aromatic heterocycles. The molecule has 150 valence electrons. The number of morpholine rings is 1. The molecule has 2 aromatic rings. The quantitative estimate of drug-likeness (QED) is 0.425. The zero-order chi connectivity index (χ0) is 20.2. The number of alkyl halides is 3. The second kappa shape index (κ2) is 8.24. The number of nitrogens with zero attached hydrogens (tertiary/aromatic N) is 1. The molecule has 0 amide bonds. The molecule has 0 unspecified atom stereocenters. The van der Waals surface area contributed by atoms with Crippen LogP contribution in [0.15, 0.2) is 66.4 Å². The third-order valence-corrected chi connectivity index (χ3v) is 5.02. The molecule has 5 nitrogen and oxygen atoms in total. The molecule has 3 rings (SSSR count). The summed E-state index contributed by atoms with van der Waals surface area (Å²) in [5, 5.41) is 0. The monoisotopic (exact) mass is 413 g/mol. The van der Waals surface area contributed by atoms with Crippen molar-refractivity contribution in [2.45, 2.75) is 12.1 Å². The summed E-state index contributed by atoms with van der Waals surface area (Å²) in [6.07, 6.45) is 0. The van der Waals surface area contributed by atoms with Crippen molar-refractivity contribution in [3.63, 3.8) is 0 Å². The Balaban J connectivity index is 1.92. The standard InChI is InChI=1S/C19H18F3NO4S/c20-19(21,22)28(24,25)27-18(16-9-5-2-6-10-16)17-14-23(11-12-26-17)13-15-7-3-1-4-8-15/h1-10H,11-14H2. The Kier molecular flexibility index (Phi) is 5.95. The van der Waals surface area contributed by atoms with E-state index in [4.69, 9.17) is 4.74 Å².